The molecule has 1 saturated heterocycles. The average Bonchev–Trinajstić information content (AvgIpc) is 3.00. The molecule has 2 aliphatic heterocycles. The SMILES string of the molecule is CCCCCC(=O)OC[C@H]1OC(C)(C)O[C@@H]1C1=CC(=O)OC1. The van der Waals surface area contributed by atoms with Crippen molar-refractivity contribution in [1.82, 2.24) is 0 Å². The van der Waals surface area contributed by atoms with Crippen LogP contribution in [0.4, 0.5) is 0 Å². The lowest BCUT2D eigenvalue weighted by Gasteiger charge is -2.17. The minimum atomic E-state index is -0.781. The summed E-state index contributed by atoms with van der Waals surface area (Å²) in [5, 5.41) is 0. The largest absolute Gasteiger partial charge is 0.463 e. The summed E-state index contributed by atoms with van der Waals surface area (Å²) in [5.41, 5.74) is 0.725. The van der Waals surface area contributed by atoms with Gasteiger partial charge in [-0.25, -0.2) is 4.79 Å². The van der Waals surface area contributed by atoms with Crippen molar-refractivity contribution in [2.75, 3.05) is 13.2 Å². The van der Waals surface area contributed by atoms with E-state index in [0.29, 0.717) is 6.42 Å². The molecule has 2 heterocycles. The van der Waals surface area contributed by atoms with Crippen LogP contribution in [0.2, 0.25) is 0 Å². The molecule has 0 N–H and O–H groups in total. The van der Waals surface area contributed by atoms with Crippen LogP contribution in [0.15, 0.2) is 11.6 Å². The molecule has 0 aliphatic carbocycles. The number of hydrogen-bond donors (Lipinski definition) is 0. The predicted octanol–water partition coefficient (Wildman–Crippen LogP) is 2.11. The van der Waals surface area contributed by atoms with Crippen LogP contribution in [0.3, 0.4) is 0 Å². The van der Waals surface area contributed by atoms with E-state index < -0.39 is 18.0 Å². The Kier molecular flexibility index (Phi) is 5.58. The van der Waals surface area contributed by atoms with E-state index in [0.717, 1.165) is 24.8 Å². The van der Waals surface area contributed by atoms with Crippen LogP contribution in [0.25, 0.3) is 0 Å². The van der Waals surface area contributed by atoms with Crippen LogP contribution in [-0.4, -0.2) is 43.1 Å². The van der Waals surface area contributed by atoms with Crippen LogP contribution < -0.4 is 0 Å². The van der Waals surface area contributed by atoms with Gasteiger partial charge in [0.1, 0.15) is 25.4 Å². The highest BCUT2D eigenvalue weighted by Crippen LogP contribution is 2.33. The highest BCUT2D eigenvalue weighted by Gasteiger charge is 2.44. The highest BCUT2D eigenvalue weighted by atomic mass is 16.8. The molecule has 0 radical (unpaired) electrons. The molecule has 0 aromatic carbocycles. The van der Waals surface area contributed by atoms with Crippen molar-refractivity contribution < 1.29 is 28.5 Å². The molecule has 2 aliphatic rings. The van der Waals surface area contributed by atoms with Crippen LogP contribution in [0, 0.1) is 0 Å². The van der Waals surface area contributed by atoms with E-state index in [1.807, 2.05) is 0 Å². The fourth-order valence-corrected chi connectivity index (χ4v) is 2.59. The lowest BCUT2D eigenvalue weighted by Crippen LogP contribution is -2.31. The number of unbranched alkanes of at least 4 members (excludes halogenated alkanes) is 2. The summed E-state index contributed by atoms with van der Waals surface area (Å²) in [6, 6.07) is 0. The Morgan fingerprint density at radius 1 is 1.36 bits per heavy atom. The molecule has 6 heteroatoms. The van der Waals surface area contributed by atoms with Crippen molar-refractivity contribution in [2.45, 2.75) is 64.4 Å². The number of rotatable bonds is 7. The molecule has 6 nitrogen and oxygen atoms in total. The Balaban J connectivity index is 1.88. The minimum absolute atomic E-state index is 0.116. The van der Waals surface area contributed by atoms with Gasteiger partial charge in [-0.1, -0.05) is 19.8 Å². The summed E-state index contributed by atoms with van der Waals surface area (Å²) < 4.78 is 21.8. The zero-order chi connectivity index (χ0) is 16.2. The van der Waals surface area contributed by atoms with Gasteiger partial charge >= 0.3 is 11.9 Å². The van der Waals surface area contributed by atoms with E-state index in [1.165, 1.54) is 6.08 Å². The van der Waals surface area contributed by atoms with Gasteiger partial charge in [0, 0.05) is 18.1 Å². The molecule has 0 aromatic heterocycles. The number of ether oxygens (including phenoxy) is 4. The van der Waals surface area contributed by atoms with Crippen molar-refractivity contribution in [1.29, 1.82) is 0 Å². The quantitative estimate of drug-likeness (QED) is 0.530. The van der Waals surface area contributed by atoms with Crippen molar-refractivity contribution in [3.63, 3.8) is 0 Å². The molecule has 22 heavy (non-hydrogen) atoms. The van der Waals surface area contributed by atoms with E-state index in [9.17, 15) is 9.59 Å². The molecule has 1 fully saturated rings. The molecular formula is C16H24O6. The van der Waals surface area contributed by atoms with E-state index in [4.69, 9.17) is 18.9 Å². The lowest BCUT2D eigenvalue weighted by atomic mass is 10.1. The molecule has 2 rings (SSSR count). The second kappa shape index (κ2) is 7.24. The van der Waals surface area contributed by atoms with Crippen molar-refractivity contribution in [3.8, 4) is 0 Å². The van der Waals surface area contributed by atoms with Gasteiger partial charge in [0.2, 0.25) is 0 Å². The molecule has 0 saturated carbocycles. The first-order chi connectivity index (χ1) is 10.4. The maximum Gasteiger partial charge on any atom is 0.331 e. The van der Waals surface area contributed by atoms with Crippen molar-refractivity contribution in [2.24, 2.45) is 0 Å². The number of carbonyl (C=O) groups is 2. The van der Waals surface area contributed by atoms with Crippen LogP contribution in [0.1, 0.15) is 46.5 Å². The number of hydrogen-bond acceptors (Lipinski definition) is 6. The second-order valence-electron chi connectivity index (χ2n) is 6.06. The first kappa shape index (κ1) is 17.0. The number of carbonyl (C=O) groups excluding carboxylic acids is 2. The van der Waals surface area contributed by atoms with Gasteiger partial charge in [-0.15, -0.1) is 0 Å². The Hall–Kier alpha value is -1.40. The summed E-state index contributed by atoms with van der Waals surface area (Å²) in [5.74, 6) is -1.39. The van der Waals surface area contributed by atoms with Gasteiger partial charge in [0.05, 0.1) is 0 Å². The van der Waals surface area contributed by atoms with E-state index in [-0.39, 0.29) is 25.2 Å². The Bertz CT molecular complexity index is 454. The van der Waals surface area contributed by atoms with Crippen molar-refractivity contribution >= 4 is 11.9 Å². The molecular weight excluding hydrogens is 288 g/mol. The van der Waals surface area contributed by atoms with Crippen LogP contribution in [0.5, 0.6) is 0 Å². The van der Waals surface area contributed by atoms with Gasteiger partial charge < -0.3 is 18.9 Å². The Morgan fingerprint density at radius 3 is 2.77 bits per heavy atom. The van der Waals surface area contributed by atoms with E-state index in [2.05, 4.69) is 6.92 Å². The van der Waals surface area contributed by atoms with Gasteiger partial charge in [0.25, 0.3) is 0 Å². The summed E-state index contributed by atoms with van der Waals surface area (Å²) >= 11 is 0. The van der Waals surface area contributed by atoms with E-state index in [1.54, 1.807) is 13.8 Å². The standard InChI is InChI=1S/C16H24O6/c1-4-5-6-7-13(17)20-10-12-15(22-16(2,3)21-12)11-8-14(18)19-9-11/h8,12,15H,4-7,9-10H2,1-3H3/t12-,15-/m1/s1. The minimum Gasteiger partial charge on any atom is -0.463 e. The smallest absolute Gasteiger partial charge is 0.331 e. The fourth-order valence-electron chi connectivity index (χ4n) is 2.59. The fraction of sp³-hybridized carbons (Fsp3) is 0.750. The maximum absolute atomic E-state index is 11.7. The maximum atomic E-state index is 11.7. The summed E-state index contributed by atoms with van der Waals surface area (Å²) in [6.45, 7) is 5.98. The molecule has 0 amide bonds. The Morgan fingerprint density at radius 2 is 2.14 bits per heavy atom. The first-order valence-electron chi connectivity index (χ1n) is 7.80. The molecule has 0 spiro atoms. The third-order valence-electron chi connectivity index (χ3n) is 3.63. The first-order valence-corrected chi connectivity index (χ1v) is 7.80. The Labute approximate surface area is 130 Å². The number of cyclic esters (lactones) is 1. The predicted molar refractivity (Wildman–Crippen MR) is 78.0 cm³/mol. The monoisotopic (exact) mass is 312 g/mol. The summed E-state index contributed by atoms with van der Waals surface area (Å²) in [4.78, 5) is 22.9. The van der Waals surface area contributed by atoms with Gasteiger partial charge in [0.15, 0.2) is 5.79 Å². The molecule has 2 atom stereocenters. The number of esters is 2. The highest BCUT2D eigenvalue weighted by molar-refractivity contribution is 5.85. The van der Waals surface area contributed by atoms with Gasteiger partial charge in [-0.2, -0.15) is 0 Å². The third-order valence-corrected chi connectivity index (χ3v) is 3.63. The normalized spacial score (nSPS) is 26.7. The van der Waals surface area contributed by atoms with Crippen LogP contribution in [-0.2, 0) is 28.5 Å². The third kappa shape index (κ3) is 4.55. The summed E-state index contributed by atoms with van der Waals surface area (Å²) in [7, 11) is 0. The van der Waals surface area contributed by atoms with E-state index >= 15 is 0 Å². The van der Waals surface area contributed by atoms with Gasteiger partial charge in [-0.05, 0) is 20.3 Å². The second-order valence-corrected chi connectivity index (χ2v) is 6.06. The zero-order valence-electron chi connectivity index (χ0n) is 13.4. The van der Waals surface area contributed by atoms with Crippen LogP contribution >= 0.6 is 0 Å². The topological polar surface area (TPSA) is 71.1 Å². The summed E-state index contributed by atoms with van der Waals surface area (Å²) in [6.07, 6.45) is 3.90. The molecule has 0 unspecified atom stereocenters. The molecule has 0 aromatic rings. The zero-order valence-corrected chi connectivity index (χ0v) is 13.4. The molecule has 0 bridgehead atoms. The van der Waals surface area contributed by atoms with Gasteiger partial charge in [-0.3, -0.25) is 4.79 Å². The molecule has 124 valence electrons. The lowest BCUT2D eigenvalue weighted by molar-refractivity contribution is -0.159. The average molecular weight is 312 g/mol. The van der Waals surface area contributed by atoms with Crippen molar-refractivity contribution in [3.05, 3.63) is 11.6 Å².